The quantitative estimate of drug-likeness (QED) is 0.621. The number of hydrogen-bond acceptors (Lipinski definition) is 6. The molecule has 2 aliphatic heterocycles. The number of ether oxygens (including phenoxy) is 1. The zero-order valence-corrected chi connectivity index (χ0v) is 15.8. The van der Waals surface area contributed by atoms with Gasteiger partial charge in [0.1, 0.15) is 5.82 Å². The minimum atomic E-state index is -3.71. The maximum atomic E-state index is 13.0. The number of carbonyl (C=O) groups excluding carboxylic acids is 2. The molecule has 2 aliphatic rings. The van der Waals surface area contributed by atoms with E-state index in [1.807, 2.05) is 4.90 Å². The van der Waals surface area contributed by atoms with Gasteiger partial charge in [0.15, 0.2) is 0 Å². The van der Waals surface area contributed by atoms with Crippen LogP contribution in [0.5, 0.6) is 0 Å². The number of carbonyl (C=O) groups is 2. The number of rotatable bonds is 6. The topological polar surface area (TPSA) is 87.2 Å². The molecule has 2 heterocycles. The van der Waals surface area contributed by atoms with E-state index in [0.717, 1.165) is 12.1 Å². The van der Waals surface area contributed by atoms with Gasteiger partial charge in [0.25, 0.3) is 0 Å². The van der Waals surface area contributed by atoms with Crippen LogP contribution in [0.15, 0.2) is 29.2 Å². The number of methoxy groups -OCH3 is 1. The zero-order valence-electron chi connectivity index (χ0n) is 15.0. The van der Waals surface area contributed by atoms with E-state index in [1.54, 1.807) is 0 Å². The van der Waals surface area contributed by atoms with Crippen molar-refractivity contribution in [1.29, 1.82) is 0 Å². The predicted molar refractivity (Wildman–Crippen MR) is 93.7 cm³/mol. The standard InChI is InChI=1S/C17H22FN3O5S/c1-26-11-10-21-16(22)12-15(17(21)23)19-6-8-20(9-7-19)27(24,25)14-4-2-13(18)3-5-14/h2-5,15H,6-12H2,1H3. The zero-order chi connectivity index (χ0) is 19.6. The van der Waals surface area contributed by atoms with Gasteiger partial charge in [-0.05, 0) is 24.3 Å². The van der Waals surface area contributed by atoms with Gasteiger partial charge >= 0.3 is 0 Å². The van der Waals surface area contributed by atoms with E-state index in [2.05, 4.69) is 0 Å². The average molecular weight is 399 g/mol. The molecule has 1 aromatic rings. The van der Waals surface area contributed by atoms with Crippen molar-refractivity contribution in [2.45, 2.75) is 17.4 Å². The molecule has 0 radical (unpaired) electrons. The Morgan fingerprint density at radius 2 is 1.74 bits per heavy atom. The molecule has 3 rings (SSSR count). The molecule has 148 valence electrons. The van der Waals surface area contributed by atoms with E-state index in [4.69, 9.17) is 4.74 Å². The van der Waals surface area contributed by atoms with E-state index in [1.165, 1.54) is 28.4 Å². The molecule has 2 fully saturated rings. The average Bonchev–Trinajstić information content (AvgIpc) is 2.94. The van der Waals surface area contributed by atoms with Crippen molar-refractivity contribution in [3.63, 3.8) is 0 Å². The third kappa shape index (κ3) is 4.03. The maximum absolute atomic E-state index is 13.0. The Bertz CT molecular complexity index is 806. The largest absolute Gasteiger partial charge is 0.383 e. The number of hydrogen-bond donors (Lipinski definition) is 0. The van der Waals surface area contributed by atoms with Crippen molar-refractivity contribution in [2.75, 3.05) is 46.4 Å². The van der Waals surface area contributed by atoms with E-state index in [-0.39, 0.29) is 49.4 Å². The summed E-state index contributed by atoms with van der Waals surface area (Å²) < 4.78 is 44.6. The lowest BCUT2D eigenvalue weighted by atomic mass is 10.2. The predicted octanol–water partition coefficient (Wildman–Crippen LogP) is -0.0941. The molecule has 0 aromatic heterocycles. The molecular weight excluding hydrogens is 377 g/mol. The van der Waals surface area contributed by atoms with Gasteiger partial charge in [-0.15, -0.1) is 0 Å². The summed E-state index contributed by atoms with van der Waals surface area (Å²) in [7, 11) is -2.21. The molecule has 0 aliphatic carbocycles. The summed E-state index contributed by atoms with van der Waals surface area (Å²) >= 11 is 0. The highest BCUT2D eigenvalue weighted by Crippen LogP contribution is 2.23. The van der Waals surface area contributed by atoms with Crippen molar-refractivity contribution in [2.24, 2.45) is 0 Å². The highest BCUT2D eigenvalue weighted by molar-refractivity contribution is 7.89. The second-order valence-corrected chi connectivity index (χ2v) is 8.43. The molecule has 0 N–H and O–H groups in total. The number of piperazine rings is 1. The highest BCUT2D eigenvalue weighted by atomic mass is 32.2. The molecule has 0 bridgehead atoms. The Balaban J connectivity index is 1.63. The van der Waals surface area contributed by atoms with E-state index in [9.17, 15) is 22.4 Å². The number of benzene rings is 1. The van der Waals surface area contributed by atoms with Crippen molar-refractivity contribution in [1.82, 2.24) is 14.1 Å². The van der Waals surface area contributed by atoms with Crippen molar-refractivity contribution in [3.05, 3.63) is 30.1 Å². The van der Waals surface area contributed by atoms with Crippen LogP contribution < -0.4 is 0 Å². The van der Waals surface area contributed by atoms with Crippen LogP contribution in [0.2, 0.25) is 0 Å². The van der Waals surface area contributed by atoms with Gasteiger partial charge in [-0.3, -0.25) is 19.4 Å². The molecule has 2 saturated heterocycles. The fourth-order valence-corrected chi connectivity index (χ4v) is 4.80. The summed E-state index contributed by atoms with van der Waals surface area (Å²) in [4.78, 5) is 27.7. The van der Waals surface area contributed by atoms with Gasteiger partial charge in [-0.1, -0.05) is 0 Å². The molecule has 8 nitrogen and oxygen atoms in total. The van der Waals surface area contributed by atoms with Gasteiger partial charge in [0.05, 0.1) is 30.5 Å². The van der Waals surface area contributed by atoms with Crippen LogP contribution >= 0.6 is 0 Å². The number of imide groups is 1. The van der Waals surface area contributed by atoms with Crippen LogP contribution in [0.1, 0.15) is 6.42 Å². The number of amides is 2. The van der Waals surface area contributed by atoms with Crippen LogP contribution in [0.25, 0.3) is 0 Å². The second-order valence-electron chi connectivity index (χ2n) is 6.49. The van der Waals surface area contributed by atoms with Crippen LogP contribution in [0.3, 0.4) is 0 Å². The van der Waals surface area contributed by atoms with E-state index >= 15 is 0 Å². The SMILES string of the molecule is COCCN1C(=O)CC(N2CCN(S(=O)(=O)c3ccc(F)cc3)CC2)C1=O. The van der Waals surface area contributed by atoms with Crippen molar-refractivity contribution in [3.8, 4) is 0 Å². The number of nitrogens with zero attached hydrogens (tertiary/aromatic N) is 3. The number of likely N-dealkylation sites (tertiary alicyclic amines) is 1. The normalized spacial score (nSPS) is 22.6. The summed E-state index contributed by atoms with van der Waals surface area (Å²) in [6, 6.07) is 4.15. The lowest BCUT2D eigenvalue weighted by Gasteiger charge is -2.36. The van der Waals surface area contributed by atoms with E-state index in [0.29, 0.717) is 13.1 Å². The minimum absolute atomic E-state index is 0.0372. The first kappa shape index (κ1) is 19.9. The molecule has 0 spiro atoms. The van der Waals surface area contributed by atoms with Gasteiger partial charge in [0, 0.05) is 33.3 Å². The number of halogens is 1. The summed E-state index contributed by atoms with van der Waals surface area (Å²) in [5.74, 6) is -0.989. The lowest BCUT2D eigenvalue weighted by Crippen LogP contribution is -2.53. The molecule has 0 saturated carbocycles. The Morgan fingerprint density at radius 3 is 2.33 bits per heavy atom. The Hall–Kier alpha value is -1.88. The Morgan fingerprint density at radius 1 is 1.11 bits per heavy atom. The van der Waals surface area contributed by atoms with Gasteiger partial charge < -0.3 is 4.74 Å². The third-order valence-electron chi connectivity index (χ3n) is 4.90. The molecule has 1 atom stereocenters. The fourth-order valence-electron chi connectivity index (χ4n) is 3.38. The van der Waals surface area contributed by atoms with Crippen LogP contribution in [-0.2, 0) is 24.3 Å². The summed E-state index contributed by atoms with van der Waals surface area (Å²) in [6.07, 6.45) is 0.104. The fraction of sp³-hybridized carbons (Fsp3) is 0.529. The molecule has 27 heavy (non-hydrogen) atoms. The Labute approximate surface area is 157 Å². The molecule has 1 aromatic carbocycles. The highest BCUT2D eigenvalue weighted by Gasteiger charge is 2.43. The van der Waals surface area contributed by atoms with Crippen LogP contribution in [0, 0.1) is 5.82 Å². The minimum Gasteiger partial charge on any atom is -0.383 e. The first-order valence-corrected chi connectivity index (χ1v) is 10.1. The molecular formula is C17H22FN3O5S. The molecule has 2 amide bonds. The molecule has 1 unspecified atom stereocenters. The lowest BCUT2D eigenvalue weighted by molar-refractivity contribution is -0.140. The molecule has 10 heteroatoms. The second kappa shape index (κ2) is 8.01. The monoisotopic (exact) mass is 399 g/mol. The maximum Gasteiger partial charge on any atom is 0.247 e. The first-order valence-electron chi connectivity index (χ1n) is 8.67. The Kier molecular flexibility index (Phi) is 5.89. The summed E-state index contributed by atoms with van der Waals surface area (Å²) in [5, 5.41) is 0. The smallest absolute Gasteiger partial charge is 0.247 e. The van der Waals surface area contributed by atoms with Gasteiger partial charge in [0.2, 0.25) is 21.8 Å². The summed E-state index contributed by atoms with van der Waals surface area (Å²) in [5.41, 5.74) is 0. The summed E-state index contributed by atoms with van der Waals surface area (Å²) in [6.45, 7) is 1.62. The van der Waals surface area contributed by atoms with Gasteiger partial charge in [-0.2, -0.15) is 4.31 Å². The number of sulfonamides is 1. The first-order chi connectivity index (χ1) is 12.8. The van der Waals surface area contributed by atoms with Crippen LogP contribution in [-0.4, -0.2) is 86.8 Å². The third-order valence-corrected chi connectivity index (χ3v) is 6.82. The van der Waals surface area contributed by atoms with Crippen molar-refractivity contribution < 1.29 is 27.1 Å². The van der Waals surface area contributed by atoms with Crippen molar-refractivity contribution >= 4 is 21.8 Å². The van der Waals surface area contributed by atoms with E-state index < -0.39 is 21.9 Å². The van der Waals surface area contributed by atoms with Gasteiger partial charge in [-0.25, -0.2) is 12.8 Å². The van der Waals surface area contributed by atoms with Crippen LogP contribution in [0.4, 0.5) is 4.39 Å².